The van der Waals surface area contributed by atoms with Crippen LogP contribution < -0.4 is 5.32 Å². The van der Waals surface area contributed by atoms with Gasteiger partial charge in [-0.05, 0) is 18.6 Å². The van der Waals surface area contributed by atoms with E-state index in [-0.39, 0.29) is 11.8 Å². The zero-order valence-corrected chi connectivity index (χ0v) is 10.3. The van der Waals surface area contributed by atoms with Crippen molar-refractivity contribution in [1.82, 2.24) is 5.32 Å². The molecule has 4 nitrogen and oxygen atoms in total. The Hall–Kier alpha value is -0.710. The lowest BCUT2D eigenvalue weighted by atomic mass is 10.0. The first-order valence-electron chi connectivity index (χ1n) is 4.98. The van der Waals surface area contributed by atoms with Crippen LogP contribution in [0.1, 0.15) is 26.7 Å². The fourth-order valence-corrected chi connectivity index (χ4v) is 1.54. The van der Waals surface area contributed by atoms with Crippen molar-refractivity contribution in [3.8, 4) is 0 Å². The van der Waals surface area contributed by atoms with Gasteiger partial charge >= 0.3 is 5.97 Å². The average Bonchev–Trinajstić information content (AvgIpc) is 2.12. The standard InChI is InChI=1S/C10H19NO3S/c1-7(2)6-8(10(13)14)11-9(12)4-5-15-3/h7-8H,4-6H2,1-3H3,(H,11,12)(H,13,14). The van der Waals surface area contributed by atoms with Gasteiger partial charge < -0.3 is 10.4 Å². The number of carboxylic acids is 1. The first-order valence-corrected chi connectivity index (χ1v) is 6.37. The second-order valence-electron chi connectivity index (χ2n) is 3.83. The summed E-state index contributed by atoms with van der Waals surface area (Å²) in [5.41, 5.74) is 0. The maximum Gasteiger partial charge on any atom is 0.326 e. The molecular weight excluding hydrogens is 214 g/mol. The van der Waals surface area contributed by atoms with Gasteiger partial charge in [-0.1, -0.05) is 13.8 Å². The van der Waals surface area contributed by atoms with Crippen molar-refractivity contribution >= 4 is 23.6 Å². The van der Waals surface area contributed by atoms with Gasteiger partial charge in [-0.3, -0.25) is 4.79 Å². The topological polar surface area (TPSA) is 66.4 Å². The third-order valence-electron chi connectivity index (χ3n) is 1.87. The molecule has 0 aliphatic rings. The Morgan fingerprint density at radius 1 is 1.40 bits per heavy atom. The van der Waals surface area contributed by atoms with Crippen molar-refractivity contribution in [3.63, 3.8) is 0 Å². The van der Waals surface area contributed by atoms with Crippen LogP contribution in [0.5, 0.6) is 0 Å². The third-order valence-corrected chi connectivity index (χ3v) is 2.49. The zero-order chi connectivity index (χ0) is 11.8. The smallest absolute Gasteiger partial charge is 0.326 e. The number of hydrogen-bond donors (Lipinski definition) is 2. The molecule has 0 saturated heterocycles. The number of nitrogens with one attached hydrogen (secondary N) is 1. The predicted octanol–water partition coefficient (Wildman–Crippen LogP) is 1.35. The summed E-state index contributed by atoms with van der Waals surface area (Å²) < 4.78 is 0. The highest BCUT2D eigenvalue weighted by Gasteiger charge is 2.20. The molecule has 0 fully saturated rings. The van der Waals surface area contributed by atoms with Crippen molar-refractivity contribution in [2.24, 2.45) is 5.92 Å². The van der Waals surface area contributed by atoms with Crippen LogP contribution in [0.25, 0.3) is 0 Å². The van der Waals surface area contributed by atoms with Crippen LogP contribution in [0.15, 0.2) is 0 Å². The molecule has 0 aromatic rings. The molecule has 0 aromatic carbocycles. The number of amides is 1. The maximum atomic E-state index is 11.3. The summed E-state index contributed by atoms with van der Waals surface area (Å²) in [4.78, 5) is 22.1. The van der Waals surface area contributed by atoms with Crippen LogP contribution in [0.3, 0.4) is 0 Å². The molecule has 0 bridgehead atoms. The van der Waals surface area contributed by atoms with Crippen molar-refractivity contribution < 1.29 is 14.7 Å². The summed E-state index contributed by atoms with van der Waals surface area (Å²) >= 11 is 1.57. The summed E-state index contributed by atoms with van der Waals surface area (Å²) in [6.07, 6.45) is 2.76. The van der Waals surface area contributed by atoms with Gasteiger partial charge in [0.1, 0.15) is 6.04 Å². The SMILES string of the molecule is CSCCC(=O)NC(CC(C)C)C(=O)O. The zero-order valence-electron chi connectivity index (χ0n) is 9.45. The first-order chi connectivity index (χ1) is 6.97. The number of thioether (sulfide) groups is 1. The number of carbonyl (C=O) groups excluding carboxylic acids is 1. The average molecular weight is 233 g/mol. The van der Waals surface area contributed by atoms with E-state index in [0.29, 0.717) is 12.8 Å². The number of rotatable bonds is 7. The van der Waals surface area contributed by atoms with Gasteiger partial charge in [0.2, 0.25) is 5.91 Å². The van der Waals surface area contributed by atoms with E-state index in [9.17, 15) is 9.59 Å². The van der Waals surface area contributed by atoms with Gasteiger partial charge in [-0.2, -0.15) is 11.8 Å². The van der Waals surface area contributed by atoms with Crippen molar-refractivity contribution in [2.45, 2.75) is 32.7 Å². The van der Waals surface area contributed by atoms with E-state index >= 15 is 0 Å². The Kier molecular flexibility index (Phi) is 7.21. The van der Waals surface area contributed by atoms with Crippen LogP contribution in [-0.4, -0.2) is 35.0 Å². The summed E-state index contributed by atoms with van der Waals surface area (Å²) in [6.45, 7) is 3.87. The predicted molar refractivity (Wildman–Crippen MR) is 62.0 cm³/mol. The molecule has 0 aromatic heterocycles. The molecule has 0 aliphatic heterocycles. The van der Waals surface area contributed by atoms with Gasteiger partial charge in [0, 0.05) is 12.2 Å². The molecule has 1 atom stereocenters. The fraction of sp³-hybridized carbons (Fsp3) is 0.800. The lowest BCUT2D eigenvalue weighted by Crippen LogP contribution is -2.41. The van der Waals surface area contributed by atoms with Gasteiger partial charge in [0.15, 0.2) is 0 Å². The van der Waals surface area contributed by atoms with Gasteiger partial charge in [0.25, 0.3) is 0 Å². The highest BCUT2D eigenvalue weighted by atomic mass is 32.2. The minimum absolute atomic E-state index is 0.183. The fourth-order valence-electron chi connectivity index (χ4n) is 1.15. The quantitative estimate of drug-likeness (QED) is 0.696. The number of carboxylic acid groups (broad SMARTS) is 1. The van der Waals surface area contributed by atoms with Gasteiger partial charge in [-0.15, -0.1) is 0 Å². The molecule has 15 heavy (non-hydrogen) atoms. The molecular formula is C10H19NO3S. The van der Waals surface area contributed by atoms with Crippen LogP contribution in [0, 0.1) is 5.92 Å². The van der Waals surface area contributed by atoms with E-state index in [1.807, 2.05) is 20.1 Å². The number of carbonyl (C=O) groups is 2. The van der Waals surface area contributed by atoms with Crippen LogP contribution in [0.2, 0.25) is 0 Å². The molecule has 1 amide bonds. The van der Waals surface area contributed by atoms with E-state index < -0.39 is 12.0 Å². The first kappa shape index (κ1) is 14.3. The molecule has 0 rings (SSSR count). The van der Waals surface area contributed by atoms with Crippen LogP contribution in [0.4, 0.5) is 0 Å². The van der Waals surface area contributed by atoms with E-state index in [2.05, 4.69) is 5.32 Å². The normalized spacial score (nSPS) is 12.5. The lowest BCUT2D eigenvalue weighted by molar-refractivity contribution is -0.142. The minimum atomic E-state index is -0.957. The summed E-state index contributed by atoms with van der Waals surface area (Å²) in [7, 11) is 0. The van der Waals surface area contributed by atoms with Gasteiger partial charge in [-0.25, -0.2) is 4.79 Å². The third kappa shape index (κ3) is 7.25. The Morgan fingerprint density at radius 2 is 2.00 bits per heavy atom. The molecule has 0 heterocycles. The summed E-state index contributed by atoms with van der Waals surface area (Å²) in [6, 6.07) is -0.751. The molecule has 5 heteroatoms. The van der Waals surface area contributed by atoms with Crippen LogP contribution in [-0.2, 0) is 9.59 Å². The van der Waals surface area contributed by atoms with Crippen molar-refractivity contribution in [2.75, 3.05) is 12.0 Å². The van der Waals surface area contributed by atoms with Crippen molar-refractivity contribution in [1.29, 1.82) is 0 Å². The Morgan fingerprint density at radius 3 is 2.40 bits per heavy atom. The summed E-state index contributed by atoms with van der Waals surface area (Å²) in [5, 5.41) is 11.4. The number of hydrogen-bond acceptors (Lipinski definition) is 3. The Labute approximate surface area is 94.8 Å². The Balaban J connectivity index is 4.05. The van der Waals surface area contributed by atoms with E-state index in [0.717, 1.165) is 5.75 Å². The largest absolute Gasteiger partial charge is 0.480 e. The molecule has 0 radical (unpaired) electrons. The number of aliphatic carboxylic acids is 1. The molecule has 1 unspecified atom stereocenters. The molecule has 88 valence electrons. The molecule has 0 aliphatic carbocycles. The highest BCUT2D eigenvalue weighted by Crippen LogP contribution is 2.05. The van der Waals surface area contributed by atoms with E-state index in [1.165, 1.54) is 0 Å². The van der Waals surface area contributed by atoms with E-state index in [1.54, 1.807) is 11.8 Å². The van der Waals surface area contributed by atoms with Crippen molar-refractivity contribution in [3.05, 3.63) is 0 Å². The molecule has 0 spiro atoms. The van der Waals surface area contributed by atoms with E-state index in [4.69, 9.17) is 5.11 Å². The monoisotopic (exact) mass is 233 g/mol. The molecule has 2 N–H and O–H groups in total. The lowest BCUT2D eigenvalue weighted by Gasteiger charge is -2.16. The minimum Gasteiger partial charge on any atom is -0.480 e. The molecule has 0 saturated carbocycles. The second kappa shape index (κ2) is 7.56. The maximum absolute atomic E-state index is 11.3. The van der Waals surface area contributed by atoms with Gasteiger partial charge in [0.05, 0.1) is 0 Å². The highest BCUT2D eigenvalue weighted by molar-refractivity contribution is 7.98. The second-order valence-corrected chi connectivity index (χ2v) is 4.82. The summed E-state index contributed by atoms with van der Waals surface area (Å²) in [5.74, 6) is -0.162. The van der Waals surface area contributed by atoms with Crippen LogP contribution >= 0.6 is 11.8 Å². The Bertz CT molecular complexity index is 219.